The van der Waals surface area contributed by atoms with Gasteiger partial charge < -0.3 is 4.90 Å². The number of carbonyl (C=O) groups excluding carboxylic acids is 1. The molecule has 3 nitrogen and oxygen atoms in total. The van der Waals surface area contributed by atoms with Gasteiger partial charge in [-0.15, -0.1) is 11.8 Å². The Labute approximate surface area is 100 Å². The van der Waals surface area contributed by atoms with Crippen LogP contribution in [0.2, 0.25) is 0 Å². The Morgan fingerprint density at radius 3 is 3.31 bits per heavy atom. The van der Waals surface area contributed by atoms with Crippen molar-refractivity contribution in [2.24, 2.45) is 0 Å². The second-order valence-electron chi connectivity index (χ2n) is 3.83. The number of pyridine rings is 1. The highest BCUT2D eigenvalue weighted by Gasteiger charge is 2.26. The van der Waals surface area contributed by atoms with E-state index in [-0.39, 0.29) is 6.04 Å². The molecule has 0 N–H and O–H groups in total. The fraction of sp³-hybridized carbons (Fsp3) is 0.500. The summed E-state index contributed by atoms with van der Waals surface area (Å²) in [5.41, 5.74) is 1.21. The minimum absolute atomic E-state index is 0.236. The third kappa shape index (κ3) is 2.21. The van der Waals surface area contributed by atoms with E-state index in [2.05, 4.69) is 18.0 Å². The van der Waals surface area contributed by atoms with Gasteiger partial charge in [0.25, 0.3) is 0 Å². The van der Waals surface area contributed by atoms with Crippen LogP contribution in [0.25, 0.3) is 0 Å². The number of likely N-dealkylation sites (tertiary alicyclic amines) is 1. The van der Waals surface area contributed by atoms with E-state index < -0.39 is 0 Å². The van der Waals surface area contributed by atoms with Gasteiger partial charge in [0, 0.05) is 18.3 Å². The van der Waals surface area contributed by atoms with Crippen LogP contribution in [0.5, 0.6) is 0 Å². The van der Waals surface area contributed by atoms with Crippen LogP contribution in [0, 0.1) is 0 Å². The van der Waals surface area contributed by atoms with E-state index in [4.69, 9.17) is 0 Å². The lowest BCUT2D eigenvalue weighted by Gasteiger charge is -2.21. The molecule has 1 amide bonds. The summed E-state index contributed by atoms with van der Waals surface area (Å²) in [6, 6.07) is 4.29. The lowest BCUT2D eigenvalue weighted by atomic mass is 10.1. The van der Waals surface area contributed by atoms with E-state index >= 15 is 0 Å². The Bertz CT molecular complexity index is 370. The zero-order valence-corrected chi connectivity index (χ0v) is 10.2. The van der Waals surface area contributed by atoms with E-state index in [1.54, 1.807) is 11.8 Å². The topological polar surface area (TPSA) is 33.2 Å². The molecule has 0 bridgehead atoms. The Balaban J connectivity index is 2.27. The van der Waals surface area contributed by atoms with Gasteiger partial charge in [-0.25, -0.2) is 4.98 Å². The Morgan fingerprint density at radius 2 is 2.56 bits per heavy atom. The first kappa shape index (κ1) is 11.5. The molecule has 0 radical (unpaired) electrons. The molecular weight excluding hydrogens is 220 g/mol. The maximum absolute atomic E-state index is 11.0. The molecule has 0 aliphatic carbocycles. The van der Waals surface area contributed by atoms with Gasteiger partial charge in [-0.2, -0.15) is 0 Å². The molecule has 1 aromatic heterocycles. The van der Waals surface area contributed by atoms with Crippen molar-refractivity contribution in [3.8, 4) is 0 Å². The minimum Gasteiger partial charge on any atom is -0.338 e. The molecule has 2 rings (SSSR count). The smallest absolute Gasteiger partial charge is 0.210 e. The van der Waals surface area contributed by atoms with Gasteiger partial charge >= 0.3 is 0 Å². The first-order valence-electron chi connectivity index (χ1n) is 5.65. The van der Waals surface area contributed by atoms with Gasteiger partial charge in [-0.05, 0) is 24.7 Å². The van der Waals surface area contributed by atoms with Crippen molar-refractivity contribution in [2.75, 3.05) is 12.3 Å². The second kappa shape index (κ2) is 5.34. The molecule has 1 atom stereocenters. The van der Waals surface area contributed by atoms with Gasteiger partial charge in [0.1, 0.15) is 5.03 Å². The average Bonchev–Trinajstić information content (AvgIpc) is 2.78. The van der Waals surface area contributed by atoms with Crippen molar-refractivity contribution in [3.63, 3.8) is 0 Å². The third-order valence-corrected chi connectivity index (χ3v) is 3.77. The molecular formula is C12H16N2OS. The molecule has 0 aromatic carbocycles. The normalized spacial score (nSPS) is 20.1. The zero-order chi connectivity index (χ0) is 11.4. The summed E-state index contributed by atoms with van der Waals surface area (Å²) < 4.78 is 0. The molecule has 1 aromatic rings. The molecule has 16 heavy (non-hydrogen) atoms. The van der Waals surface area contributed by atoms with Crippen LogP contribution >= 0.6 is 11.8 Å². The predicted molar refractivity (Wildman–Crippen MR) is 65.4 cm³/mol. The van der Waals surface area contributed by atoms with Crippen LogP contribution in [-0.4, -0.2) is 28.6 Å². The van der Waals surface area contributed by atoms with Crippen LogP contribution in [-0.2, 0) is 4.79 Å². The van der Waals surface area contributed by atoms with Crippen LogP contribution in [0.1, 0.15) is 31.4 Å². The molecule has 4 heteroatoms. The van der Waals surface area contributed by atoms with E-state index in [0.717, 1.165) is 36.6 Å². The molecule has 0 saturated carbocycles. The minimum atomic E-state index is 0.236. The first-order chi connectivity index (χ1) is 7.86. The summed E-state index contributed by atoms with van der Waals surface area (Å²) in [7, 11) is 0. The molecule has 0 spiro atoms. The fourth-order valence-electron chi connectivity index (χ4n) is 2.16. The fourth-order valence-corrected chi connectivity index (χ4v) is 2.94. The number of amides is 1. The van der Waals surface area contributed by atoms with E-state index in [9.17, 15) is 4.79 Å². The molecule has 1 aliphatic rings. The summed E-state index contributed by atoms with van der Waals surface area (Å²) in [6.45, 7) is 2.99. The molecule has 1 saturated heterocycles. The van der Waals surface area contributed by atoms with Crippen molar-refractivity contribution >= 4 is 18.2 Å². The van der Waals surface area contributed by atoms with Gasteiger partial charge in [0.15, 0.2) is 0 Å². The largest absolute Gasteiger partial charge is 0.338 e. The van der Waals surface area contributed by atoms with Crippen LogP contribution in [0.15, 0.2) is 23.4 Å². The summed E-state index contributed by atoms with van der Waals surface area (Å²) >= 11 is 1.75. The van der Waals surface area contributed by atoms with Gasteiger partial charge in [0.2, 0.25) is 6.41 Å². The standard InChI is InChI=1S/C12H16N2OS/c1-2-16-12-10(5-3-7-13-12)11-6-4-8-14(11)9-15/h3,5,7,9,11H,2,4,6,8H2,1H3/t11-/m0/s1. The van der Waals surface area contributed by atoms with Crippen LogP contribution in [0.3, 0.4) is 0 Å². The van der Waals surface area contributed by atoms with Crippen molar-refractivity contribution in [1.29, 1.82) is 0 Å². The molecule has 2 heterocycles. The van der Waals surface area contributed by atoms with Crippen LogP contribution in [0.4, 0.5) is 0 Å². The number of hydrogen-bond acceptors (Lipinski definition) is 3. The number of rotatable bonds is 4. The van der Waals surface area contributed by atoms with E-state index in [1.165, 1.54) is 5.56 Å². The Kier molecular flexibility index (Phi) is 3.83. The molecule has 86 valence electrons. The summed E-state index contributed by atoms with van der Waals surface area (Å²) in [4.78, 5) is 17.2. The lowest BCUT2D eigenvalue weighted by molar-refractivity contribution is -0.118. The lowest BCUT2D eigenvalue weighted by Crippen LogP contribution is -2.21. The number of nitrogens with zero attached hydrogens (tertiary/aromatic N) is 2. The second-order valence-corrected chi connectivity index (χ2v) is 5.08. The molecule has 0 unspecified atom stereocenters. The predicted octanol–water partition coefficient (Wildman–Crippen LogP) is 2.49. The molecule has 1 aliphatic heterocycles. The van der Waals surface area contributed by atoms with Gasteiger partial charge in [-0.1, -0.05) is 13.0 Å². The SMILES string of the molecule is CCSc1ncccc1[C@@H]1CCCN1C=O. The number of carbonyl (C=O) groups is 1. The zero-order valence-electron chi connectivity index (χ0n) is 9.43. The van der Waals surface area contributed by atoms with Crippen molar-refractivity contribution in [2.45, 2.75) is 30.8 Å². The van der Waals surface area contributed by atoms with E-state index in [1.807, 2.05) is 17.2 Å². The first-order valence-corrected chi connectivity index (χ1v) is 6.64. The summed E-state index contributed by atoms with van der Waals surface area (Å²) in [5.74, 6) is 1.01. The molecule has 1 fully saturated rings. The van der Waals surface area contributed by atoms with Crippen molar-refractivity contribution in [1.82, 2.24) is 9.88 Å². The number of thioether (sulfide) groups is 1. The van der Waals surface area contributed by atoms with Crippen LogP contribution < -0.4 is 0 Å². The summed E-state index contributed by atoms with van der Waals surface area (Å²) in [6.07, 6.45) is 4.93. The number of hydrogen-bond donors (Lipinski definition) is 0. The maximum Gasteiger partial charge on any atom is 0.210 e. The van der Waals surface area contributed by atoms with Crippen molar-refractivity contribution in [3.05, 3.63) is 23.9 Å². The Hall–Kier alpha value is -1.03. The van der Waals surface area contributed by atoms with Gasteiger partial charge in [0.05, 0.1) is 6.04 Å². The Morgan fingerprint density at radius 1 is 1.69 bits per heavy atom. The maximum atomic E-state index is 11.0. The van der Waals surface area contributed by atoms with Gasteiger partial charge in [-0.3, -0.25) is 4.79 Å². The number of aromatic nitrogens is 1. The monoisotopic (exact) mass is 236 g/mol. The van der Waals surface area contributed by atoms with Crippen molar-refractivity contribution < 1.29 is 4.79 Å². The summed E-state index contributed by atoms with van der Waals surface area (Å²) in [5, 5.41) is 1.07. The highest BCUT2D eigenvalue weighted by Crippen LogP contribution is 2.35. The average molecular weight is 236 g/mol. The highest BCUT2D eigenvalue weighted by molar-refractivity contribution is 7.99. The highest BCUT2D eigenvalue weighted by atomic mass is 32.2. The quantitative estimate of drug-likeness (QED) is 0.595. The third-order valence-electron chi connectivity index (χ3n) is 2.87. The van der Waals surface area contributed by atoms with E-state index in [0.29, 0.717) is 0 Å².